The van der Waals surface area contributed by atoms with Crippen LogP contribution in [-0.4, -0.2) is 8.42 Å². The molecule has 1 rings (SSSR count). The number of aryl methyl sites for hydroxylation is 1. The van der Waals surface area contributed by atoms with Crippen LogP contribution in [0.1, 0.15) is 11.3 Å². The fourth-order valence-electron chi connectivity index (χ4n) is 0.765. The number of rotatable bonds is 2. The van der Waals surface area contributed by atoms with Crippen molar-refractivity contribution in [1.29, 1.82) is 0 Å². The van der Waals surface area contributed by atoms with Gasteiger partial charge in [-0.3, -0.25) is 0 Å². The molecule has 0 radical (unpaired) electrons. The number of hydrogen-bond acceptors (Lipinski definition) is 3. The van der Waals surface area contributed by atoms with Gasteiger partial charge in [0.05, 0.1) is 6.26 Å². The van der Waals surface area contributed by atoms with E-state index in [1.807, 2.05) is 6.92 Å². The molecule has 0 saturated heterocycles. The van der Waals surface area contributed by atoms with Gasteiger partial charge in [0.2, 0.25) is 10.0 Å². The molecule has 0 saturated carbocycles. The Labute approximate surface area is 65.1 Å². The zero-order valence-electron chi connectivity index (χ0n) is 6.07. The molecular formula is C6H9NO3S. The van der Waals surface area contributed by atoms with Gasteiger partial charge in [-0.2, -0.15) is 0 Å². The highest BCUT2D eigenvalue weighted by atomic mass is 32.2. The third-order valence-electron chi connectivity index (χ3n) is 1.13. The fourth-order valence-corrected chi connectivity index (χ4v) is 1.31. The Balaban J connectivity index is 2.81. The van der Waals surface area contributed by atoms with Crippen LogP contribution in [0.3, 0.4) is 0 Å². The summed E-state index contributed by atoms with van der Waals surface area (Å²) in [5.41, 5.74) is 0.892. The normalized spacial score (nSPS) is 11.8. The second-order valence-corrected chi connectivity index (χ2v) is 4.01. The second-order valence-electron chi connectivity index (χ2n) is 2.40. The van der Waals surface area contributed by atoms with E-state index < -0.39 is 10.0 Å². The monoisotopic (exact) mass is 175 g/mol. The van der Waals surface area contributed by atoms with Crippen LogP contribution in [0.5, 0.6) is 0 Å². The Morgan fingerprint density at radius 1 is 1.64 bits per heavy atom. The maximum Gasteiger partial charge on any atom is 0.216 e. The molecule has 0 spiro atoms. The molecule has 0 fully saturated rings. The molecule has 62 valence electrons. The first-order valence-electron chi connectivity index (χ1n) is 3.02. The van der Waals surface area contributed by atoms with Crippen molar-refractivity contribution in [2.75, 3.05) is 0 Å². The Hall–Kier alpha value is -0.810. The highest BCUT2D eigenvalue weighted by molar-refractivity contribution is 7.88. The quantitative estimate of drug-likeness (QED) is 0.706. The standard InChI is InChI=1S/C6H9NO3S/c1-5-2-6(10-3-5)4-11(7,8)9/h2-3H,4H2,1H3,(H2,7,8,9). The van der Waals surface area contributed by atoms with Gasteiger partial charge in [-0.1, -0.05) is 0 Å². The van der Waals surface area contributed by atoms with E-state index in [4.69, 9.17) is 9.56 Å². The minimum Gasteiger partial charge on any atom is -0.468 e. The molecule has 0 aliphatic carbocycles. The van der Waals surface area contributed by atoms with Crippen LogP contribution < -0.4 is 5.14 Å². The van der Waals surface area contributed by atoms with Crippen LogP contribution in [0.2, 0.25) is 0 Å². The number of primary sulfonamides is 1. The lowest BCUT2D eigenvalue weighted by atomic mass is 10.4. The van der Waals surface area contributed by atoms with Gasteiger partial charge in [0.25, 0.3) is 0 Å². The molecule has 4 nitrogen and oxygen atoms in total. The van der Waals surface area contributed by atoms with Crippen LogP contribution >= 0.6 is 0 Å². The summed E-state index contributed by atoms with van der Waals surface area (Å²) in [5, 5.41) is 4.79. The maximum absolute atomic E-state index is 10.5. The first-order chi connectivity index (χ1) is 4.97. The zero-order valence-corrected chi connectivity index (χ0v) is 6.89. The van der Waals surface area contributed by atoms with E-state index in [2.05, 4.69) is 0 Å². The summed E-state index contributed by atoms with van der Waals surface area (Å²) in [5.74, 6) is 0.144. The average Bonchev–Trinajstić information content (AvgIpc) is 2.10. The van der Waals surface area contributed by atoms with E-state index in [9.17, 15) is 8.42 Å². The molecule has 1 heterocycles. The summed E-state index contributed by atoms with van der Waals surface area (Å²) in [4.78, 5) is 0. The Morgan fingerprint density at radius 3 is 2.64 bits per heavy atom. The van der Waals surface area contributed by atoms with Gasteiger partial charge < -0.3 is 4.42 Å². The number of nitrogens with two attached hydrogens (primary N) is 1. The Kier molecular flexibility index (Phi) is 2.01. The predicted molar refractivity (Wildman–Crippen MR) is 40.3 cm³/mol. The van der Waals surface area contributed by atoms with E-state index in [1.54, 1.807) is 6.07 Å². The molecule has 11 heavy (non-hydrogen) atoms. The first kappa shape index (κ1) is 8.29. The minimum atomic E-state index is -3.46. The molecular weight excluding hydrogens is 166 g/mol. The van der Waals surface area contributed by atoms with Crippen LogP contribution in [-0.2, 0) is 15.8 Å². The smallest absolute Gasteiger partial charge is 0.216 e. The van der Waals surface area contributed by atoms with Gasteiger partial charge in [-0.05, 0) is 18.6 Å². The van der Waals surface area contributed by atoms with Gasteiger partial charge in [0, 0.05) is 0 Å². The van der Waals surface area contributed by atoms with Crippen molar-refractivity contribution < 1.29 is 12.8 Å². The summed E-state index contributed by atoms with van der Waals surface area (Å²) in [6, 6.07) is 1.64. The number of sulfonamides is 1. The molecule has 2 N–H and O–H groups in total. The van der Waals surface area contributed by atoms with Gasteiger partial charge in [0.15, 0.2) is 0 Å². The van der Waals surface area contributed by atoms with Crippen molar-refractivity contribution in [3.8, 4) is 0 Å². The highest BCUT2D eigenvalue weighted by Crippen LogP contribution is 2.08. The van der Waals surface area contributed by atoms with Gasteiger partial charge in [0.1, 0.15) is 11.5 Å². The molecule has 0 atom stereocenters. The fraction of sp³-hybridized carbons (Fsp3) is 0.333. The molecule has 0 unspecified atom stereocenters. The van der Waals surface area contributed by atoms with E-state index in [0.717, 1.165) is 5.56 Å². The first-order valence-corrected chi connectivity index (χ1v) is 4.73. The molecule has 0 bridgehead atoms. The van der Waals surface area contributed by atoms with E-state index in [-0.39, 0.29) is 5.75 Å². The second kappa shape index (κ2) is 2.67. The summed E-state index contributed by atoms with van der Waals surface area (Å²) in [6.07, 6.45) is 1.49. The third-order valence-corrected chi connectivity index (χ3v) is 1.82. The van der Waals surface area contributed by atoms with Crippen molar-refractivity contribution in [2.24, 2.45) is 5.14 Å². The van der Waals surface area contributed by atoms with E-state index in [1.165, 1.54) is 6.26 Å². The van der Waals surface area contributed by atoms with Crippen LogP contribution in [0.4, 0.5) is 0 Å². The van der Waals surface area contributed by atoms with Crippen molar-refractivity contribution in [1.82, 2.24) is 0 Å². The molecule has 0 aliphatic heterocycles. The Bertz CT molecular complexity index is 338. The third kappa shape index (κ3) is 2.73. The molecule has 0 aliphatic rings. The van der Waals surface area contributed by atoms with Crippen molar-refractivity contribution >= 4 is 10.0 Å². The topological polar surface area (TPSA) is 73.3 Å². The molecule has 0 aromatic carbocycles. The molecule has 1 aromatic rings. The van der Waals surface area contributed by atoms with Crippen LogP contribution in [0, 0.1) is 6.92 Å². The maximum atomic E-state index is 10.5. The predicted octanol–water partition coefficient (Wildman–Crippen LogP) is 0.377. The minimum absolute atomic E-state index is 0.235. The highest BCUT2D eigenvalue weighted by Gasteiger charge is 2.07. The van der Waals surface area contributed by atoms with Crippen molar-refractivity contribution in [3.05, 3.63) is 23.7 Å². The molecule has 1 aromatic heterocycles. The Morgan fingerprint density at radius 2 is 2.27 bits per heavy atom. The summed E-state index contributed by atoms with van der Waals surface area (Å²) >= 11 is 0. The molecule has 5 heteroatoms. The molecule has 0 amide bonds. The van der Waals surface area contributed by atoms with Gasteiger partial charge in [-0.15, -0.1) is 0 Å². The lowest BCUT2D eigenvalue weighted by molar-refractivity contribution is 0.520. The van der Waals surface area contributed by atoms with Crippen LogP contribution in [0.15, 0.2) is 16.7 Å². The van der Waals surface area contributed by atoms with E-state index >= 15 is 0 Å². The van der Waals surface area contributed by atoms with Crippen molar-refractivity contribution in [2.45, 2.75) is 12.7 Å². The zero-order chi connectivity index (χ0) is 8.48. The van der Waals surface area contributed by atoms with Gasteiger partial charge >= 0.3 is 0 Å². The summed E-state index contributed by atoms with van der Waals surface area (Å²) in [6.45, 7) is 1.82. The summed E-state index contributed by atoms with van der Waals surface area (Å²) in [7, 11) is -3.46. The van der Waals surface area contributed by atoms with Gasteiger partial charge in [-0.25, -0.2) is 13.6 Å². The summed E-state index contributed by atoms with van der Waals surface area (Å²) < 4.78 is 25.9. The number of furan rings is 1. The lowest BCUT2D eigenvalue weighted by Crippen LogP contribution is -2.13. The van der Waals surface area contributed by atoms with Crippen LogP contribution in [0.25, 0.3) is 0 Å². The number of hydrogen-bond donors (Lipinski definition) is 1. The largest absolute Gasteiger partial charge is 0.468 e. The van der Waals surface area contributed by atoms with Crippen molar-refractivity contribution in [3.63, 3.8) is 0 Å². The SMILES string of the molecule is Cc1coc(CS(N)(=O)=O)c1. The van der Waals surface area contributed by atoms with E-state index in [0.29, 0.717) is 5.76 Å². The average molecular weight is 175 g/mol. The lowest BCUT2D eigenvalue weighted by Gasteiger charge is -1.90.